The summed E-state index contributed by atoms with van der Waals surface area (Å²) in [6.07, 6.45) is 2.67. The van der Waals surface area contributed by atoms with Gasteiger partial charge in [-0.25, -0.2) is 0 Å². The first kappa shape index (κ1) is 11.0. The van der Waals surface area contributed by atoms with Gasteiger partial charge in [0.05, 0.1) is 13.0 Å². The van der Waals surface area contributed by atoms with Crippen molar-refractivity contribution in [2.45, 2.75) is 33.1 Å². The first-order valence-corrected chi connectivity index (χ1v) is 5.77. The van der Waals surface area contributed by atoms with Crippen molar-refractivity contribution >= 4 is 11.6 Å². The summed E-state index contributed by atoms with van der Waals surface area (Å²) in [5, 5.41) is 2.87. The number of anilines is 1. The standard InChI is InChI=1S/C13H17NO2/c1-3-4-5-16-11-6-9(2)13-10(7-11)8-12(15)14-13/h6-7H,3-5,8H2,1-2H3,(H,14,15). The maximum absolute atomic E-state index is 11.3. The third-order valence-corrected chi connectivity index (χ3v) is 2.77. The molecular weight excluding hydrogens is 202 g/mol. The van der Waals surface area contributed by atoms with Gasteiger partial charge in [0.1, 0.15) is 5.75 Å². The third-order valence-electron chi connectivity index (χ3n) is 2.77. The fourth-order valence-electron chi connectivity index (χ4n) is 1.92. The lowest BCUT2D eigenvalue weighted by molar-refractivity contribution is -0.115. The fourth-order valence-corrected chi connectivity index (χ4v) is 1.92. The third kappa shape index (κ3) is 2.18. The summed E-state index contributed by atoms with van der Waals surface area (Å²) in [5.41, 5.74) is 3.10. The molecule has 0 aromatic heterocycles. The van der Waals surface area contributed by atoms with Crippen molar-refractivity contribution in [1.82, 2.24) is 0 Å². The predicted molar refractivity (Wildman–Crippen MR) is 63.9 cm³/mol. The molecule has 1 aliphatic heterocycles. The largest absolute Gasteiger partial charge is 0.494 e. The predicted octanol–water partition coefficient (Wildman–Crippen LogP) is 2.67. The van der Waals surface area contributed by atoms with E-state index in [-0.39, 0.29) is 5.91 Å². The summed E-state index contributed by atoms with van der Waals surface area (Å²) in [5.74, 6) is 0.949. The molecule has 0 spiro atoms. The van der Waals surface area contributed by atoms with E-state index in [1.54, 1.807) is 0 Å². The zero-order chi connectivity index (χ0) is 11.5. The molecular formula is C13H17NO2. The van der Waals surface area contributed by atoms with Gasteiger partial charge in [-0.15, -0.1) is 0 Å². The Kier molecular flexibility index (Phi) is 3.13. The Morgan fingerprint density at radius 2 is 2.25 bits per heavy atom. The lowest BCUT2D eigenvalue weighted by atomic mass is 10.1. The van der Waals surface area contributed by atoms with Gasteiger partial charge in [-0.3, -0.25) is 4.79 Å². The van der Waals surface area contributed by atoms with Gasteiger partial charge in [-0.1, -0.05) is 13.3 Å². The van der Waals surface area contributed by atoms with Crippen molar-refractivity contribution in [3.05, 3.63) is 23.3 Å². The topological polar surface area (TPSA) is 38.3 Å². The summed E-state index contributed by atoms with van der Waals surface area (Å²) >= 11 is 0. The van der Waals surface area contributed by atoms with Gasteiger partial charge in [0.2, 0.25) is 5.91 Å². The van der Waals surface area contributed by atoms with Crippen LogP contribution in [0.1, 0.15) is 30.9 Å². The van der Waals surface area contributed by atoms with Crippen molar-refractivity contribution in [2.75, 3.05) is 11.9 Å². The van der Waals surface area contributed by atoms with Crippen LogP contribution >= 0.6 is 0 Å². The molecule has 1 aromatic rings. The molecule has 1 heterocycles. The van der Waals surface area contributed by atoms with Crippen LogP contribution in [0.2, 0.25) is 0 Å². The van der Waals surface area contributed by atoms with Crippen LogP contribution in [0.4, 0.5) is 5.69 Å². The quantitative estimate of drug-likeness (QED) is 0.791. The minimum atomic E-state index is 0.0730. The summed E-state index contributed by atoms with van der Waals surface area (Å²) in [6, 6.07) is 3.95. The Labute approximate surface area is 95.8 Å². The molecule has 0 radical (unpaired) electrons. The number of unbranched alkanes of at least 4 members (excludes halogenated alkanes) is 1. The summed E-state index contributed by atoms with van der Waals surface area (Å²) in [7, 11) is 0. The second-order valence-electron chi connectivity index (χ2n) is 4.20. The molecule has 86 valence electrons. The minimum Gasteiger partial charge on any atom is -0.494 e. The Balaban J connectivity index is 2.15. The van der Waals surface area contributed by atoms with Gasteiger partial charge in [-0.2, -0.15) is 0 Å². The van der Waals surface area contributed by atoms with Crippen molar-refractivity contribution in [3.8, 4) is 5.75 Å². The van der Waals surface area contributed by atoms with E-state index in [2.05, 4.69) is 12.2 Å². The Morgan fingerprint density at radius 1 is 1.44 bits per heavy atom. The van der Waals surface area contributed by atoms with Crippen LogP contribution in [0.15, 0.2) is 12.1 Å². The molecule has 0 saturated heterocycles. The van der Waals surface area contributed by atoms with E-state index in [9.17, 15) is 4.79 Å². The lowest BCUT2D eigenvalue weighted by Gasteiger charge is -2.09. The number of aryl methyl sites for hydroxylation is 1. The number of amides is 1. The molecule has 1 aromatic carbocycles. The maximum atomic E-state index is 11.3. The zero-order valence-corrected chi connectivity index (χ0v) is 9.80. The van der Waals surface area contributed by atoms with Crippen LogP contribution in [-0.2, 0) is 11.2 Å². The first-order chi connectivity index (χ1) is 7.70. The summed E-state index contributed by atoms with van der Waals surface area (Å²) in [6.45, 7) is 4.88. The molecule has 1 aliphatic rings. The number of ether oxygens (including phenoxy) is 1. The number of carbonyl (C=O) groups excluding carboxylic acids is 1. The number of hydrogen-bond acceptors (Lipinski definition) is 2. The van der Waals surface area contributed by atoms with E-state index in [0.29, 0.717) is 6.42 Å². The van der Waals surface area contributed by atoms with Gasteiger partial charge in [0.15, 0.2) is 0 Å². The van der Waals surface area contributed by atoms with Crippen LogP contribution in [0.25, 0.3) is 0 Å². The van der Waals surface area contributed by atoms with E-state index in [1.165, 1.54) is 0 Å². The highest BCUT2D eigenvalue weighted by Crippen LogP contribution is 2.31. The summed E-state index contributed by atoms with van der Waals surface area (Å²) < 4.78 is 5.65. The Bertz CT molecular complexity index is 413. The molecule has 3 heteroatoms. The van der Waals surface area contributed by atoms with E-state index in [1.807, 2.05) is 19.1 Å². The Hall–Kier alpha value is -1.51. The fraction of sp³-hybridized carbons (Fsp3) is 0.462. The van der Waals surface area contributed by atoms with Gasteiger partial charge in [0, 0.05) is 5.69 Å². The van der Waals surface area contributed by atoms with Crippen LogP contribution < -0.4 is 10.1 Å². The number of nitrogens with one attached hydrogen (secondary N) is 1. The van der Waals surface area contributed by atoms with Gasteiger partial charge in [-0.05, 0) is 36.6 Å². The van der Waals surface area contributed by atoms with Crippen LogP contribution in [0, 0.1) is 6.92 Å². The second kappa shape index (κ2) is 4.56. The van der Waals surface area contributed by atoms with Crippen molar-refractivity contribution in [1.29, 1.82) is 0 Å². The minimum absolute atomic E-state index is 0.0730. The Morgan fingerprint density at radius 3 is 3.00 bits per heavy atom. The van der Waals surface area contributed by atoms with Crippen LogP contribution in [0.5, 0.6) is 5.75 Å². The summed E-state index contributed by atoms with van der Waals surface area (Å²) in [4.78, 5) is 11.3. The van der Waals surface area contributed by atoms with Crippen molar-refractivity contribution < 1.29 is 9.53 Å². The van der Waals surface area contributed by atoms with E-state index >= 15 is 0 Å². The van der Waals surface area contributed by atoms with E-state index < -0.39 is 0 Å². The molecule has 2 rings (SSSR count). The molecule has 0 unspecified atom stereocenters. The molecule has 0 saturated carbocycles. The number of fused-ring (bicyclic) bond motifs is 1. The first-order valence-electron chi connectivity index (χ1n) is 5.77. The van der Waals surface area contributed by atoms with Gasteiger partial charge in [0.25, 0.3) is 0 Å². The monoisotopic (exact) mass is 219 g/mol. The van der Waals surface area contributed by atoms with E-state index in [4.69, 9.17) is 4.74 Å². The van der Waals surface area contributed by atoms with Crippen molar-refractivity contribution in [2.24, 2.45) is 0 Å². The molecule has 1 amide bonds. The van der Waals surface area contributed by atoms with Crippen LogP contribution in [0.3, 0.4) is 0 Å². The molecule has 0 atom stereocenters. The highest BCUT2D eigenvalue weighted by Gasteiger charge is 2.20. The average Bonchev–Trinajstić information content (AvgIpc) is 2.60. The molecule has 0 fully saturated rings. The smallest absolute Gasteiger partial charge is 0.228 e. The highest BCUT2D eigenvalue weighted by molar-refractivity contribution is 6.00. The molecule has 1 N–H and O–H groups in total. The van der Waals surface area contributed by atoms with E-state index in [0.717, 1.165) is 42.0 Å². The number of hydrogen-bond donors (Lipinski definition) is 1. The normalized spacial score (nSPS) is 13.5. The highest BCUT2D eigenvalue weighted by atomic mass is 16.5. The second-order valence-corrected chi connectivity index (χ2v) is 4.20. The average molecular weight is 219 g/mol. The SMILES string of the molecule is CCCCOc1cc(C)c2c(c1)CC(=O)N2. The van der Waals surface area contributed by atoms with Crippen LogP contribution in [-0.4, -0.2) is 12.5 Å². The van der Waals surface area contributed by atoms with Crippen molar-refractivity contribution in [3.63, 3.8) is 0 Å². The number of carbonyl (C=O) groups is 1. The maximum Gasteiger partial charge on any atom is 0.228 e. The number of rotatable bonds is 4. The van der Waals surface area contributed by atoms with Gasteiger partial charge < -0.3 is 10.1 Å². The molecule has 16 heavy (non-hydrogen) atoms. The zero-order valence-electron chi connectivity index (χ0n) is 9.80. The molecule has 3 nitrogen and oxygen atoms in total. The molecule has 0 aliphatic carbocycles. The number of benzene rings is 1. The lowest BCUT2D eigenvalue weighted by Crippen LogP contribution is -2.04. The molecule has 0 bridgehead atoms. The van der Waals surface area contributed by atoms with Gasteiger partial charge >= 0.3 is 0 Å².